The number of primary sulfonamides is 1. The number of sulfonamides is 1. The van der Waals surface area contributed by atoms with Crippen molar-refractivity contribution >= 4 is 21.6 Å². The third kappa shape index (κ3) is 2.28. The first-order chi connectivity index (χ1) is 7.89. The highest BCUT2D eigenvalue weighted by molar-refractivity contribution is 7.89. The molecule has 0 unspecified atom stereocenters. The molecule has 0 saturated carbocycles. The SMILES string of the molecule is NS(=O)(=O)c1nc(-c2cccc(F)c2Cl)n[nH]1. The van der Waals surface area contributed by atoms with Crippen LogP contribution in [-0.2, 0) is 10.0 Å². The average Bonchev–Trinajstić information content (AvgIpc) is 2.70. The number of aromatic nitrogens is 3. The lowest BCUT2D eigenvalue weighted by molar-refractivity contribution is 0.589. The van der Waals surface area contributed by atoms with Gasteiger partial charge >= 0.3 is 0 Å². The Morgan fingerprint density at radius 3 is 2.71 bits per heavy atom. The lowest BCUT2D eigenvalue weighted by Gasteiger charge is -1.99. The zero-order valence-electron chi connectivity index (χ0n) is 8.18. The number of nitrogens with two attached hydrogens (primary N) is 1. The highest BCUT2D eigenvalue weighted by atomic mass is 35.5. The van der Waals surface area contributed by atoms with Crippen molar-refractivity contribution in [3.63, 3.8) is 0 Å². The molecular weight excluding hydrogens is 271 g/mol. The van der Waals surface area contributed by atoms with Crippen LogP contribution >= 0.6 is 11.6 Å². The molecule has 17 heavy (non-hydrogen) atoms. The molecule has 0 saturated heterocycles. The maximum Gasteiger partial charge on any atom is 0.273 e. The Bertz CT molecular complexity index is 670. The third-order valence-electron chi connectivity index (χ3n) is 1.93. The van der Waals surface area contributed by atoms with Gasteiger partial charge < -0.3 is 0 Å². The Kier molecular flexibility index (Phi) is 2.86. The monoisotopic (exact) mass is 276 g/mol. The topological polar surface area (TPSA) is 102 Å². The molecule has 0 radical (unpaired) electrons. The van der Waals surface area contributed by atoms with Gasteiger partial charge in [-0.2, -0.15) is 10.1 Å². The minimum absolute atomic E-state index is 0.0430. The molecule has 9 heteroatoms. The molecule has 0 aliphatic heterocycles. The second-order valence-electron chi connectivity index (χ2n) is 3.11. The highest BCUT2D eigenvalue weighted by Gasteiger charge is 2.17. The van der Waals surface area contributed by atoms with Crippen LogP contribution in [0.5, 0.6) is 0 Å². The van der Waals surface area contributed by atoms with Gasteiger partial charge in [-0.25, -0.2) is 23.0 Å². The number of halogens is 2. The molecule has 0 bridgehead atoms. The van der Waals surface area contributed by atoms with E-state index in [2.05, 4.69) is 15.2 Å². The molecule has 0 spiro atoms. The smallest absolute Gasteiger partial charge is 0.248 e. The largest absolute Gasteiger partial charge is 0.273 e. The summed E-state index contributed by atoms with van der Waals surface area (Å²) >= 11 is 5.70. The van der Waals surface area contributed by atoms with E-state index in [1.807, 2.05) is 0 Å². The fourth-order valence-electron chi connectivity index (χ4n) is 1.17. The van der Waals surface area contributed by atoms with Gasteiger partial charge in [0.05, 0.1) is 5.02 Å². The van der Waals surface area contributed by atoms with Gasteiger partial charge in [0.25, 0.3) is 15.2 Å². The fraction of sp³-hybridized carbons (Fsp3) is 0. The molecular formula is C8H6ClFN4O2S. The molecule has 0 amide bonds. The predicted octanol–water partition coefficient (Wildman–Crippen LogP) is 0.912. The van der Waals surface area contributed by atoms with Crippen LogP contribution < -0.4 is 5.14 Å². The minimum Gasteiger partial charge on any atom is -0.248 e. The van der Waals surface area contributed by atoms with Gasteiger partial charge in [0.15, 0.2) is 5.82 Å². The molecule has 6 nitrogen and oxygen atoms in total. The molecule has 1 aromatic carbocycles. The summed E-state index contributed by atoms with van der Waals surface area (Å²) in [5.41, 5.74) is 0.179. The molecule has 90 valence electrons. The molecule has 2 aromatic rings. The van der Waals surface area contributed by atoms with Crippen molar-refractivity contribution in [3.8, 4) is 11.4 Å². The van der Waals surface area contributed by atoms with E-state index in [1.165, 1.54) is 18.2 Å². The third-order valence-corrected chi connectivity index (χ3v) is 3.03. The summed E-state index contributed by atoms with van der Waals surface area (Å²) < 4.78 is 35.1. The second kappa shape index (κ2) is 4.06. The second-order valence-corrected chi connectivity index (χ2v) is 4.97. The van der Waals surface area contributed by atoms with Crippen molar-refractivity contribution in [3.05, 3.63) is 29.0 Å². The van der Waals surface area contributed by atoms with E-state index in [9.17, 15) is 12.8 Å². The van der Waals surface area contributed by atoms with Crippen LogP contribution in [0.15, 0.2) is 23.4 Å². The van der Waals surface area contributed by atoms with E-state index in [-0.39, 0.29) is 16.4 Å². The predicted molar refractivity (Wildman–Crippen MR) is 58.2 cm³/mol. The molecule has 0 aliphatic carbocycles. The molecule has 0 fully saturated rings. The Hall–Kier alpha value is -1.51. The average molecular weight is 277 g/mol. The summed E-state index contributed by atoms with van der Waals surface area (Å²) in [7, 11) is -3.98. The number of hydrogen-bond donors (Lipinski definition) is 2. The highest BCUT2D eigenvalue weighted by Crippen LogP contribution is 2.27. The van der Waals surface area contributed by atoms with Crippen molar-refractivity contribution in [2.75, 3.05) is 0 Å². The summed E-state index contributed by atoms with van der Waals surface area (Å²) in [6, 6.07) is 4.03. The van der Waals surface area contributed by atoms with Gasteiger partial charge in [0.2, 0.25) is 0 Å². The van der Waals surface area contributed by atoms with Gasteiger partial charge in [0, 0.05) is 5.56 Å². The lowest BCUT2D eigenvalue weighted by atomic mass is 10.2. The first kappa shape index (κ1) is 12.0. The van der Waals surface area contributed by atoms with Gasteiger partial charge in [-0.05, 0) is 12.1 Å². The van der Waals surface area contributed by atoms with E-state index in [1.54, 1.807) is 0 Å². The van der Waals surface area contributed by atoms with Gasteiger partial charge in [-0.1, -0.05) is 17.7 Å². The number of benzene rings is 1. The maximum atomic E-state index is 13.2. The van der Waals surface area contributed by atoms with Crippen molar-refractivity contribution in [2.24, 2.45) is 5.14 Å². The van der Waals surface area contributed by atoms with Crippen molar-refractivity contribution in [2.45, 2.75) is 5.16 Å². The standard InChI is InChI=1S/C8H6ClFN4O2S/c9-6-4(2-1-3-5(6)10)7-12-8(14-13-7)17(11,15)16/h1-3H,(H2,11,15,16)(H,12,13,14). The zero-order valence-corrected chi connectivity index (χ0v) is 9.76. The van der Waals surface area contributed by atoms with Gasteiger partial charge in [0.1, 0.15) is 5.82 Å². The minimum atomic E-state index is -3.98. The molecule has 0 aliphatic rings. The first-order valence-corrected chi connectivity index (χ1v) is 6.21. The molecule has 1 aromatic heterocycles. The number of nitrogens with zero attached hydrogens (tertiary/aromatic N) is 2. The van der Waals surface area contributed by atoms with Crippen LogP contribution in [0.3, 0.4) is 0 Å². The Balaban J connectivity index is 2.55. The van der Waals surface area contributed by atoms with E-state index in [0.717, 1.165) is 0 Å². The van der Waals surface area contributed by atoms with Crippen LogP contribution in [0.2, 0.25) is 5.02 Å². The van der Waals surface area contributed by atoms with Crippen LogP contribution in [0.4, 0.5) is 4.39 Å². The first-order valence-electron chi connectivity index (χ1n) is 4.29. The van der Waals surface area contributed by atoms with Crippen molar-refractivity contribution in [1.82, 2.24) is 15.2 Å². The fourth-order valence-corrected chi connectivity index (χ4v) is 1.77. The molecule has 3 N–H and O–H groups in total. The van der Waals surface area contributed by atoms with Gasteiger partial charge in [-0.15, -0.1) is 0 Å². The Labute approximate surface area is 101 Å². The Morgan fingerprint density at radius 1 is 1.41 bits per heavy atom. The number of H-pyrrole nitrogens is 1. The maximum absolute atomic E-state index is 13.2. The van der Waals surface area contributed by atoms with Crippen LogP contribution in [0, 0.1) is 5.82 Å². The summed E-state index contributed by atoms with van der Waals surface area (Å²) in [5.74, 6) is -0.690. The van der Waals surface area contributed by atoms with E-state index >= 15 is 0 Å². The number of nitrogens with one attached hydrogen (secondary N) is 1. The summed E-state index contributed by atoms with van der Waals surface area (Å²) in [5, 5.41) is 9.90. The van der Waals surface area contributed by atoms with Crippen LogP contribution in [-0.4, -0.2) is 23.6 Å². The van der Waals surface area contributed by atoms with Crippen molar-refractivity contribution < 1.29 is 12.8 Å². The quantitative estimate of drug-likeness (QED) is 0.851. The summed E-state index contributed by atoms with van der Waals surface area (Å²) in [6.45, 7) is 0. The molecule has 0 atom stereocenters. The Morgan fingerprint density at radius 2 is 2.12 bits per heavy atom. The molecule has 1 heterocycles. The zero-order chi connectivity index (χ0) is 12.6. The summed E-state index contributed by atoms with van der Waals surface area (Å²) in [4.78, 5) is 3.62. The molecule has 2 rings (SSSR count). The lowest BCUT2D eigenvalue weighted by Crippen LogP contribution is -2.13. The number of aromatic amines is 1. The number of rotatable bonds is 2. The van der Waals surface area contributed by atoms with Gasteiger partial charge in [-0.3, -0.25) is 0 Å². The normalized spacial score (nSPS) is 11.7. The van der Waals surface area contributed by atoms with Crippen LogP contribution in [0.1, 0.15) is 0 Å². The van der Waals surface area contributed by atoms with E-state index in [4.69, 9.17) is 16.7 Å². The van der Waals surface area contributed by atoms with Crippen LogP contribution in [0.25, 0.3) is 11.4 Å². The van der Waals surface area contributed by atoms with E-state index in [0.29, 0.717) is 0 Å². The van der Waals surface area contributed by atoms with E-state index < -0.39 is 21.0 Å². The number of hydrogen-bond acceptors (Lipinski definition) is 4. The van der Waals surface area contributed by atoms with Crippen molar-refractivity contribution in [1.29, 1.82) is 0 Å². The summed E-state index contributed by atoms with van der Waals surface area (Å²) in [6.07, 6.45) is 0.